The second-order valence-corrected chi connectivity index (χ2v) is 9.21. The molecule has 37 heavy (non-hydrogen) atoms. The highest BCUT2D eigenvalue weighted by atomic mass is 32.2. The molecule has 192 valence electrons. The summed E-state index contributed by atoms with van der Waals surface area (Å²) in [4.78, 5) is 26.9. The number of hydrogen-bond donors (Lipinski definition) is 1. The second kappa shape index (κ2) is 11.7. The molecule has 1 saturated heterocycles. The maximum absolute atomic E-state index is 13.5. The molecule has 1 N–H and O–H groups in total. The largest absolute Gasteiger partial charge is 0.497 e. The van der Waals surface area contributed by atoms with Gasteiger partial charge >= 0.3 is 0 Å². The Kier molecular flexibility index (Phi) is 8.25. The Morgan fingerprint density at radius 2 is 1.57 bits per heavy atom. The Morgan fingerprint density at radius 1 is 0.919 bits per heavy atom. The third kappa shape index (κ3) is 5.83. The summed E-state index contributed by atoms with van der Waals surface area (Å²) in [5.74, 6) is 1.51. The van der Waals surface area contributed by atoms with Gasteiger partial charge in [0.25, 0.3) is 5.91 Å². The fourth-order valence-corrected chi connectivity index (χ4v) is 5.12. The van der Waals surface area contributed by atoms with Crippen LogP contribution < -0.4 is 24.4 Å². The molecule has 1 aliphatic heterocycles. The van der Waals surface area contributed by atoms with Crippen LogP contribution in [0.1, 0.15) is 22.1 Å². The van der Waals surface area contributed by atoms with E-state index >= 15 is 0 Å². The molecular formula is C28H28N2O6S. The number of benzene rings is 3. The Morgan fingerprint density at radius 3 is 2.14 bits per heavy atom. The third-order valence-electron chi connectivity index (χ3n) is 5.74. The molecule has 1 aliphatic rings. The van der Waals surface area contributed by atoms with Gasteiger partial charge < -0.3 is 18.9 Å². The summed E-state index contributed by atoms with van der Waals surface area (Å²) in [5, 5.41) is 0.910. The molecule has 1 atom stereocenters. The SMILES string of the molecule is COc1ccc([C@H]2S/C(=C/c3cc(OC)c(OC)c(OC)c3)C(=O)N2NC(=O)Cc2ccccc2)cc1. The van der Waals surface area contributed by atoms with E-state index in [2.05, 4.69) is 5.43 Å². The lowest BCUT2D eigenvalue weighted by Gasteiger charge is -2.24. The average Bonchev–Trinajstić information content (AvgIpc) is 3.22. The number of carbonyl (C=O) groups is 2. The molecule has 4 rings (SSSR count). The van der Waals surface area contributed by atoms with Crippen molar-refractivity contribution in [2.24, 2.45) is 0 Å². The Balaban J connectivity index is 1.67. The van der Waals surface area contributed by atoms with Gasteiger partial charge in [-0.15, -0.1) is 0 Å². The lowest BCUT2D eigenvalue weighted by atomic mass is 10.1. The number of rotatable bonds is 9. The molecule has 9 heteroatoms. The lowest BCUT2D eigenvalue weighted by Crippen LogP contribution is -2.44. The molecule has 8 nitrogen and oxygen atoms in total. The Hall–Kier alpha value is -4.11. The van der Waals surface area contributed by atoms with Crippen molar-refractivity contribution in [3.8, 4) is 23.0 Å². The zero-order valence-electron chi connectivity index (χ0n) is 21.0. The van der Waals surface area contributed by atoms with Crippen LogP contribution in [0, 0.1) is 0 Å². The van der Waals surface area contributed by atoms with E-state index in [0.717, 1.165) is 11.1 Å². The van der Waals surface area contributed by atoms with Crippen LogP contribution in [-0.2, 0) is 16.0 Å². The van der Waals surface area contributed by atoms with Crippen LogP contribution >= 0.6 is 11.8 Å². The van der Waals surface area contributed by atoms with Gasteiger partial charge in [0.15, 0.2) is 11.5 Å². The quantitative estimate of drug-likeness (QED) is 0.413. The van der Waals surface area contributed by atoms with Gasteiger partial charge in [-0.3, -0.25) is 15.0 Å². The van der Waals surface area contributed by atoms with Crippen LogP contribution in [0.4, 0.5) is 0 Å². The number of hydrogen-bond acceptors (Lipinski definition) is 7. The van der Waals surface area contributed by atoms with Crippen LogP contribution in [0.15, 0.2) is 71.6 Å². The first-order chi connectivity index (χ1) is 18.0. The number of carbonyl (C=O) groups excluding carboxylic acids is 2. The molecule has 2 amide bonds. The summed E-state index contributed by atoms with van der Waals surface area (Å²) in [6.07, 6.45) is 1.90. The summed E-state index contributed by atoms with van der Waals surface area (Å²) >= 11 is 1.34. The van der Waals surface area contributed by atoms with Crippen molar-refractivity contribution >= 4 is 29.7 Å². The molecule has 0 saturated carbocycles. The van der Waals surface area contributed by atoms with E-state index in [1.165, 1.54) is 38.1 Å². The van der Waals surface area contributed by atoms with Crippen molar-refractivity contribution in [2.45, 2.75) is 11.8 Å². The van der Waals surface area contributed by atoms with Gasteiger partial charge in [-0.05, 0) is 47.0 Å². The summed E-state index contributed by atoms with van der Waals surface area (Å²) in [6, 6.07) is 20.3. The molecule has 0 unspecified atom stereocenters. The minimum Gasteiger partial charge on any atom is -0.497 e. The van der Waals surface area contributed by atoms with Crippen molar-refractivity contribution in [3.05, 3.63) is 88.3 Å². The average molecular weight is 521 g/mol. The highest BCUT2D eigenvalue weighted by Crippen LogP contribution is 2.46. The van der Waals surface area contributed by atoms with Gasteiger partial charge in [-0.25, -0.2) is 5.01 Å². The van der Waals surface area contributed by atoms with Crippen LogP contribution in [-0.4, -0.2) is 45.3 Å². The Labute approximate surface area is 220 Å². The van der Waals surface area contributed by atoms with E-state index in [1.54, 1.807) is 25.3 Å². The summed E-state index contributed by atoms with van der Waals surface area (Å²) in [6.45, 7) is 0. The highest BCUT2D eigenvalue weighted by molar-refractivity contribution is 8.04. The highest BCUT2D eigenvalue weighted by Gasteiger charge is 2.38. The maximum atomic E-state index is 13.5. The molecule has 1 heterocycles. The van der Waals surface area contributed by atoms with Crippen molar-refractivity contribution in [2.75, 3.05) is 28.4 Å². The molecule has 0 aliphatic carbocycles. The number of methoxy groups -OCH3 is 4. The fourth-order valence-electron chi connectivity index (χ4n) is 3.93. The first-order valence-electron chi connectivity index (χ1n) is 11.5. The molecule has 0 radical (unpaired) electrons. The molecular weight excluding hydrogens is 492 g/mol. The number of nitrogens with one attached hydrogen (secondary N) is 1. The topological polar surface area (TPSA) is 86.3 Å². The van der Waals surface area contributed by atoms with E-state index in [0.29, 0.717) is 33.5 Å². The zero-order chi connectivity index (χ0) is 26.4. The van der Waals surface area contributed by atoms with Gasteiger partial charge in [0.05, 0.1) is 39.8 Å². The first kappa shape index (κ1) is 26.0. The van der Waals surface area contributed by atoms with Crippen molar-refractivity contribution in [1.29, 1.82) is 0 Å². The molecule has 0 bridgehead atoms. The Bertz CT molecular complexity index is 1270. The van der Waals surface area contributed by atoms with Crippen molar-refractivity contribution in [3.63, 3.8) is 0 Å². The normalized spacial score (nSPS) is 16.0. The van der Waals surface area contributed by atoms with Gasteiger partial charge in [-0.1, -0.05) is 54.2 Å². The number of nitrogens with zero attached hydrogens (tertiary/aromatic N) is 1. The predicted molar refractivity (Wildman–Crippen MR) is 143 cm³/mol. The number of amides is 2. The van der Waals surface area contributed by atoms with E-state index in [4.69, 9.17) is 18.9 Å². The van der Waals surface area contributed by atoms with Crippen LogP contribution in [0.5, 0.6) is 23.0 Å². The van der Waals surface area contributed by atoms with Crippen LogP contribution in [0.3, 0.4) is 0 Å². The monoisotopic (exact) mass is 520 g/mol. The standard InChI is InChI=1S/C28H28N2O6S/c1-33-21-12-10-20(11-13-21)28-30(29-25(31)17-18-8-6-5-7-9-18)27(32)24(37-28)16-19-14-22(34-2)26(36-4)23(15-19)35-3/h5-16,28H,17H2,1-4H3,(H,29,31)/b24-16+/t28-/m1/s1. The number of hydrazine groups is 1. The number of ether oxygens (including phenoxy) is 4. The molecule has 3 aromatic rings. The van der Waals surface area contributed by atoms with Crippen LogP contribution in [0.2, 0.25) is 0 Å². The minimum atomic E-state index is -0.466. The summed E-state index contributed by atoms with van der Waals surface area (Å²) < 4.78 is 21.6. The molecule has 1 fully saturated rings. The van der Waals surface area contributed by atoms with Gasteiger partial charge in [0, 0.05) is 0 Å². The maximum Gasteiger partial charge on any atom is 0.280 e. The van der Waals surface area contributed by atoms with E-state index in [9.17, 15) is 9.59 Å². The molecule has 3 aromatic carbocycles. The number of thioether (sulfide) groups is 1. The van der Waals surface area contributed by atoms with E-state index in [1.807, 2.05) is 54.6 Å². The second-order valence-electron chi connectivity index (χ2n) is 8.08. The smallest absolute Gasteiger partial charge is 0.280 e. The van der Waals surface area contributed by atoms with Gasteiger partial charge in [-0.2, -0.15) is 0 Å². The van der Waals surface area contributed by atoms with Crippen LogP contribution in [0.25, 0.3) is 6.08 Å². The minimum absolute atomic E-state index is 0.149. The molecule has 0 spiro atoms. The van der Waals surface area contributed by atoms with Gasteiger partial charge in [0.2, 0.25) is 11.7 Å². The first-order valence-corrected chi connectivity index (χ1v) is 12.3. The summed E-state index contributed by atoms with van der Waals surface area (Å²) in [5.41, 5.74) is 5.20. The molecule has 0 aromatic heterocycles. The van der Waals surface area contributed by atoms with Gasteiger partial charge in [0.1, 0.15) is 11.1 Å². The predicted octanol–water partition coefficient (Wildman–Crippen LogP) is 4.61. The zero-order valence-corrected chi connectivity index (χ0v) is 21.8. The van der Waals surface area contributed by atoms with E-state index < -0.39 is 5.37 Å². The fraction of sp³-hybridized carbons (Fsp3) is 0.214. The van der Waals surface area contributed by atoms with Crippen molar-refractivity contribution < 1.29 is 28.5 Å². The lowest BCUT2D eigenvalue weighted by molar-refractivity contribution is -0.137. The van der Waals surface area contributed by atoms with E-state index in [-0.39, 0.29) is 18.2 Å². The summed E-state index contributed by atoms with van der Waals surface area (Å²) in [7, 11) is 6.20. The third-order valence-corrected chi connectivity index (χ3v) is 6.99. The van der Waals surface area contributed by atoms with Crippen molar-refractivity contribution in [1.82, 2.24) is 10.4 Å².